The Morgan fingerprint density at radius 2 is 1.96 bits per heavy atom. The summed E-state index contributed by atoms with van der Waals surface area (Å²) in [5, 5.41) is 14.2. The number of nitrogens with zero attached hydrogens (tertiary/aromatic N) is 1. The lowest BCUT2D eigenvalue weighted by atomic mass is 10.1. The average molecular weight is 377 g/mol. The molecule has 0 atom stereocenters. The van der Waals surface area contributed by atoms with E-state index in [9.17, 15) is 9.59 Å². The van der Waals surface area contributed by atoms with E-state index in [1.54, 1.807) is 11.8 Å². The molecule has 1 heterocycles. The summed E-state index contributed by atoms with van der Waals surface area (Å²) < 4.78 is -0.392. The first kappa shape index (κ1) is 17.9. The smallest absolute Gasteiger partial charge is 0.355 e. The number of thiazole rings is 1. The van der Waals surface area contributed by atoms with Crippen molar-refractivity contribution in [2.45, 2.75) is 41.7 Å². The Labute approximate surface area is 154 Å². The summed E-state index contributed by atoms with van der Waals surface area (Å²) in [7, 11) is 0. The van der Waals surface area contributed by atoms with E-state index >= 15 is 0 Å². The third-order valence-corrected chi connectivity index (χ3v) is 6.68. The lowest BCUT2D eigenvalue weighted by molar-refractivity contribution is -0.123. The van der Waals surface area contributed by atoms with Crippen LogP contribution in [0.2, 0.25) is 0 Å². The van der Waals surface area contributed by atoms with Crippen LogP contribution in [-0.4, -0.2) is 33.3 Å². The van der Waals surface area contributed by atoms with Crippen molar-refractivity contribution in [3.63, 3.8) is 0 Å². The van der Waals surface area contributed by atoms with Crippen LogP contribution in [0.1, 0.15) is 41.2 Å². The number of hydrogen-bond acceptors (Lipinski definition) is 5. The van der Waals surface area contributed by atoms with Crippen LogP contribution < -0.4 is 5.32 Å². The minimum absolute atomic E-state index is 0.0678. The average Bonchev–Trinajstić information content (AvgIpc) is 3.26. The Morgan fingerprint density at radius 3 is 2.60 bits per heavy atom. The summed E-state index contributed by atoms with van der Waals surface area (Å²) in [5.41, 5.74) is 0.0678. The van der Waals surface area contributed by atoms with Crippen LogP contribution in [-0.2, 0) is 11.2 Å². The fourth-order valence-electron chi connectivity index (χ4n) is 3.00. The fourth-order valence-corrected chi connectivity index (χ4v) is 5.18. The molecule has 7 heteroatoms. The van der Waals surface area contributed by atoms with Crippen LogP contribution in [0.3, 0.4) is 0 Å². The van der Waals surface area contributed by atoms with E-state index in [2.05, 4.69) is 10.3 Å². The molecule has 0 aliphatic heterocycles. The van der Waals surface area contributed by atoms with Crippen LogP contribution in [0.25, 0.3) is 0 Å². The Morgan fingerprint density at radius 1 is 1.24 bits per heavy atom. The van der Waals surface area contributed by atoms with E-state index < -0.39 is 10.7 Å². The van der Waals surface area contributed by atoms with E-state index in [1.165, 1.54) is 16.7 Å². The van der Waals surface area contributed by atoms with Gasteiger partial charge in [-0.25, -0.2) is 9.78 Å². The first-order valence-electron chi connectivity index (χ1n) is 8.29. The largest absolute Gasteiger partial charge is 0.476 e. The maximum atomic E-state index is 12.8. The molecule has 0 spiro atoms. The number of aromatic nitrogens is 1. The monoisotopic (exact) mass is 376 g/mol. The molecule has 2 aromatic rings. The highest BCUT2D eigenvalue weighted by atomic mass is 32.2. The second-order valence-electron chi connectivity index (χ2n) is 6.05. The van der Waals surface area contributed by atoms with Gasteiger partial charge in [0.2, 0.25) is 5.91 Å². The molecule has 1 aliphatic rings. The van der Waals surface area contributed by atoms with Crippen LogP contribution in [0.15, 0.2) is 40.6 Å². The maximum absolute atomic E-state index is 12.8. The summed E-state index contributed by atoms with van der Waals surface area (Å²) in [6.07, 6.45) is 4.47. The van der Waals surface area contributed by atoms with Gasteiger partial charge in [0.1, 0.15) is 0 Å². The number of nitrogens with one attached hydrogen (secondary N) is 1. The van der Waals surface area contributed by atoms with Gasteiger partial charge >= 0.3 is 5.97 Å². The first-order chi connectivity index (χ1) is 12.1. The molecule has 1 aromatic heterocycles. The minimum Gasteiger partial charge on any atom is -0.476 e. The van der Waals surface area contributed by atoms with E-state index in [0.717, 1.165) is 35.6 Å². The molecular weight excluding hydrogens is 356 g/mol. The lowest BCUT2D eigenvalue weighted by Crippen LogP contribution is -2.43. The van der Waals surface area contributed by atoms with Gasteiger partial charge in [-0.15, -0.1) is 23.1 Å². The zero-order chi connectivity index (χ0) is 17.7. The van der Waals surface area contributed by atoms with Crippen LogP contribution in [0.5, 0.6) is 0 Å². The SMILES string of the molecule is O=C(O)c1csc(CCNC(=O)C2(Sc3ccccc3)CCCC2)n1. The Hall–Kier alpha value is -1.86. The zero-order valence-corrected chi connectivity index (χ0v) is 15.4. The summed E-state index contributed by atoms with van der Waals surface area (Å²) in [6.45, 7) is 0.475. The topological polar surface area (TPSA) is 79.3 Å². The number of aromatic carboxylic acids is 1. The number of carboxylic acid groups (broad SMARTS) is 1. The van der Waals surface area contributed by atoms with Gasteiger partial charge in [-0.1, -0.05) is 31.0 Å². The quantitative estimate of drug-likeness (QED) is 0.772. The number of carbonyl (C=O) groups excluding carboxylic acids is 1. The molecule has 1 aliphatic carbocycles. The van der Waals surface area contributed by atoms with Crippen molar-refractivity contribution < 1.29 is 14.7 Å². The van der Waals surface area contributed by atoms with Gasteiger partial charge < -0.3 is 10.4 Å². The number of hydrogen-bond donors (Lipinski definition) is 2. The van der Waals surface area contributed by atoms with Gasteiger partial charge in [-0.05, 0) is 25.0 Å². The number of rotatable bonds is 7. The summed E-state index contributed by atoms with van der Waals surface area (Å²) in [5.74, 6) is -0.940. The second-order valence-corrected chi connectivity index (χ2v) is 8.45. The summed E-state index contributed by atoms with van der Waals surface area (Å²) in [6, 6.07) is 10.0. The number of benzene rings is 1. The predicted molar refractivity (Wildman–Crippen MR) is 99.3 cm³/mol. The second kappa shape index (κ2) is 8.01. The minimum atomic E-state index is -1.02. The molecule has 0 radical (unpaired) electrons. The van der Waals surface area contributed by atoms with Gasteiger partial charge in [0.15, 0.2) is 5.69 Å². The van der Waals surface area contributed by atoms with Crippen LogP contribution in [0, 0.1) is 0 Å². The van der Waals surface area contributed by atoms with Gasteiger partial charge in [-0.3, -0.25) is 4.79 Å². The van der Waals surface area contributed by atoms with Crippen LogP contribution >= 0.6 is 23.1 Å². The summed E-state index contributed by atoms with van der Waals surface area (Å²) >= 11 is 2.97. The van der Waals surface area contributed by atoms with Crippen molar-refractivity contribution in [2.75, 3.05) is 6.54 Å². The molecule has 25 heavy (non-hydrogen) atoms. The first-order valence-corrected chi connectivity index (χ1v) is 9.99. The molecule has 3 rings (SSSR count). The van der Waals surface area contributed by atoms with Gasteiger partial charge in [0.05, 0.1) is 9.75 Å². The molecule has 1 aromatic carbocycles. The van der Waals surface area contributed by atoms with Crippen molar-refractivity contribution in [1.82, 2.24) is 10.3 Å². The number of thioether (sulfide) groups is 1. The molecule has 2 N–H and O–H groups in total. The predicted octanol–water partition coefficient (Wildman–Crippen LogP) is 3.61. The van der Waals surface area contributed by atoms with Gasteiger partial charge in [-0.2, -0.15) is 0 Å². The molecule has 0 bridgehead atoms. The fraction of sp³-hybridized carbons (Fsp3) is 0.389. The normalized spacial score (nSPS) is 15.8. The van der Waals surface area contributed by atoms with Gasteiger partial charge in [0.25, 0.3) is 0 Å². The molecule has 132 valence electrons. The molecule has 1 fully saturated rings. The third-order valence-electron chi connectivity index (χ3n) is 4.28. The lowest BCUT2D eigenvalue weighted by Gasteiger charge is -2.27. The maximum Gasteiger partial charge on any atom is 0.355 e. The van der Waals surface area contributed by atoms with Crippen molar-refractivity contribution >= 4 is 35.0 Å². The highest BCUT2D eigenvalue weighted by Crippen LogP contribution is 2.45. The molecule has 0 unspecified atom stereocenters. The van der Waals surface area contributed by atoms with Crippen molar-refractivity contribution in [3.8, 4) is 0 Å². The Bertz CT molecular complexity index is 740. The Kier molecular flexibility index (Phi) is 5.75. The van der Waals surface area contributed by atoms with E-state index in [0.29, 0.717) is 13.0 Å². The highest BCUT2D eigenvalue weighted by Gasteiger charge is 2.41. The van der Waals surface area contributed by atoms with E-state index in [-0.39, 0.29) is 11.6 Å². The van der Waals surface area contributed by atoms with Crippen molar-refractivity contribution in [2.24, 2.45) is 0 Å². The van der Waals surface area contributed by atoms with Crippen LogP contribution in [0.4, 0.5) is 0 Å². The summed E-state index contributed by atoms with van der Waals surface area (Å²) in [4.78, 5) is 28.9. The van der Waals surface area contributed by atoms with Gasteiger partial charge in [0, 0.05) is 23.2 Å². The highest BCUT2D eigenvalue weighted by molar-refractivity contribution is 8.01. The molecular formula is C18H20N2O3S2. The van der Waals surface area contributed by atoms with E-state index in [4.69, 9.17) is 5.11 Å². The molecule has 5 nitrogen and oxygen atoms in total. The number of amides is 1. The van der Waals surface area contributed by atoms with E-state index in [1.807, 2.05) is 30.3 Å². The Balaban J connectivity index is 1.58. The number of carboxylic acids is 1. The molecule has 1 amide bonds. The zero-order valence-electron chi connectivity index (χ0n) is 13.7. The number of carbonyl (C=O) groups is 2. The molecule has 1 saturated carbocycles. The third kappa shape index (κ3) is 4.41. The molecule has 0 saturated heterocycles. The van der Waals surface area contributed by atoms with Crippen molar-refractivity contribution in [3.05, 3.63) is 46.4 Å². The standard InChI is InChI=1S/C18H20N2O3S2/c21-16(22)14-12-24-15(20-14)8-11-19-17(23)18(9-4-5-10-18)25-13-6-2-1-3-7-13/h1-3,6-7,12H,4-5,8-11H2,(H,19,23)(H,21,22). The van der Waals surface area contributed by atoms with Crippen molar-refractivity contribution in [1.29, 1.82) is 0 Å².